The van der Waals surface area contributed by atoms with E-state index >= 15 is 0 Å². The first kappa shape index (κ1) is 26.0. The maximum atomic E-state index is 13.6. The first-order valence-corrected chi connectivity index (χ1v) is 12.0. The van der Waals surface area contributed by atoms with Gasteiger partial charge in [-0.1, -0.05) is 23.5 Å². The molecule has 16 heteroatoms. The number of aliphatic hydroxyl groups is 1. The lowest BCUT2D eigenvalue weighted by Crippen LogP contribution is -2.37. The first-order valence-electron chi connectivity index (χ1n) is 11.2. The van der Waals surface area contributed by atoms with Crippen LogP contribution in [0, 0.1) is 0 Å². The number of alkyl halides is 6. The van der Waals surface area contributed by atoms with Crippen LogP contribution in [0.2, 0.25) is 0 Å². The van der Waals surface area contributed by atoms with E-state index in [0.29, 0.717) is 38.2 Å². The van der Waals surface area contributed by atoms with Crippen LogP contribution in [0.15, 0.2) is 36.5 Å². The smallest absolute Gasteiger partial charge is 0.384 e. The molecular formula is C22H20F6N8OS. The minimum Gasteiger partial charge on any atom is -0.384 e. The van der Waals surface area contributed by atoms with Gasteiger partial charge in [-0.25, -0.2) is 14.3 Å². The maximum absolute atomic E-state index is 13.6. The predicted molar refractivity (Wildman–Crippen MR) is 127 cm³/mol. The van der Waals surface area contributed by atoms with Crippen molar-refractivity contribution in [3.05, 3.63) is 59.0 Å². The van der Waals surface area contributed by atoms with E-state index in [-0.39, 0.29) is 24.5 Å². The zero-order valence-corrected chi connectivity index (χ0v) is 20.1. The number of hydrogen-bond acceptors (Lipinski definition) is 8. The molecule has 5 rings (SSSR count). The molecule has 0 bridgehead atoms. The van der Waals surface area contributed by atoms with Gasteiger partial charge in [-0.2, -0.15) is 36.5 Å². The summed E-state index contributed by atoms with van der Waals surface area (Å²) in [6.07, 6.45) is -8.18. The molecule has 1 aliphatic carbocycles. The Bertz CT molecular complexity index is 1460. The standard InChI is InChI=1S/C22H20F6N8OS/c23-21(24,25)10-35-16(29)8-12(34-35)5-6-30-19(37)33-20-32-14-7-11-9-31-36(17(11)18(14)38-20)15-4-2-1-3-13(15)22(26,27)28/h1-4,8-9,19,30,37H,5-7,10,29H2,(H,32,33). The minimum absolute atomic E-state index is 0.1000. The fourth-order valence-electron chi connectivity index (χ4n) is 4.14. The summed E-state index contributed by atoms with van der Waals surface area (Å²) in [6.45, 7) is -1.14. The predicted octanol–water partition coefficient (Wildman–Crippen LogP) is 3.78. The molecule has 0 radical (unpaired) electrons. The third kappa shape index (κ3) is 5.32. The van der Waals surface area contributed by atoms with Crippen molar-refractivity contribution in [2.24, 2.45) is 0 Å². The van der Waals surface area contributed by atoms with Crippen LogP contribution in [-0.4, -0.2) is 48.7 Å². The van der Waals surface area contributed by atoms with Gasteiger partial charge in [-0.15, -0.1) is 0 Å². The number of hydrogen-bond donors (Lipinski definition) is 4. The summed E-state index contributed by atoms with van der Waals surface area (Å²) in [5, 5.41) is 24.2. The molecule has 9 nitrogen and oxygen atoms in total. The Balaban J connectivity index is 1.25. The van der Waals surface area contributed by atoms with E-state index in [1.165, 1.54) is 35.1 Å². The summed E-state index contributed by atoms with van der Waals surface area (Å²) in [5.41, 5.74) is 6.87. The number of para-hydroxylation sites is 1. The quantitative estimate of drug-likeness (QED) is 0.169. The number of nitrogens with two attached hydrogens (primary N) is 1. The van der Waals surface area contributed by atoms with Gasteiger partial charge in [0.1, 0.15) is 12.4 Å². The van der Waals surface area contributed by atoms with Crippen molar-refractivity contribution in [1.29, 1.82) is 0 Å². The van der Waals surface area contributed by atoms with Gasteiger partial charge in [-0.05, 0) is 12.1 Å². The van der Waals surface area contributed by atoms with E-state index in [4.69, 9.17) is 5.73 Å². The molecule has 1 aromatic carbocycles. The zero-order chi connectivity index (χ0) is 27.2. The van der Waals surface area contributed by atoms with Gasteiger partial charge >= 0.3 is 12.4 Å². The number of nitrogens with zero attached hydrogens (tertiary/aromatic N) is 5. The summed E-state index contributed by atoms with van der Waals surface area (Å²) in [5.74, 6) is -0.121. The van der Waals surface area contributed by atoms with E-state index in [9.17, 15) is 31.4 Å². The van der Waals surface area contributed by atoms with E-state index in [1.54, 1.807) is 0 Å². The molecule has 1 unspecified atom stereocenters. The lowest BCUT2D eigenvalue weighted by molar-refractivity contribution is -0.142. The van der Waals surface area contributed by atoms with Crippen molar-refractivity contribution in [2.45, 2.75) is 38.1 Å². The van der Waals surface area contributed by atoms with Gasteiger partial charge in [-0.3, -0.25) is 5.32 Å². The van der Waals surface area contributed by atoms with Crippen molar-refractivity contribution in [2.75, 3.05) is 17.6 Å². The molecule has 0 aliphatic heterocycles. The number of nitrogens with one attached hydrogen (secondary N) is 2. The number of rotatable bonds is 8. The van der Waals surface area contributed by atoms with Crippen LogP contribution in [0.4, 0.5) is 37.3 Å². The van der Waals surface area contributed by atoms with Crippen molar-refractivity contribution in [3.63, 3.8) is 0 Å². The molecule has 5 N–H and O–H groups in total. The molecule has 3 aromatic heterocycles. The van der Waals surface area contributed by atoms with Crippen LogP contribution >= 0.6 is 11.3 Å². The molecule has 1 atom stereocenters. The monoisotopic (exact) mass is 558 g/mol. The van der Waals surface area contributed by atoms with Crippen LogP contribution in [0.5, 0.6) is 0 Å². The molecule has 202 valence electrons. The molecule has 4 aromatic rings. The summed E-state index contributed by atoms with van der Waals surface area (Å²) in [4.78, 5) is 5.08. The molecular weight excluding hydrogens is 538 g/mol. The van der Waals surface area contributed by atoms with Crippen molar-refractivity contribution in [3.8, 4) is 16.3 Å². The van der Waals surface area contributed by atoms with Crippen molar-refractivity contribution < 1.29 is 31.4 Å². The van der Waals surface area contributed by atoms with Crippen LogP contribution in [0.1, 0.15) is 22.5 Å². The van der Waals surface area contributed by atoms with E-state index in [2.05, 4.69) is 25.8 Å². The minimum atomic E-state index is -4.56. The lowest BCUT2D eigenvalue weighted by atomic mass is 10.1. The Labute approximate surface area is 214 Å². The number of anilines is 2. The number of aromatic nitrogens is 5. The van der Waals surface area contributed by atoms with Gasteiger partial charge in [0.15, 0.2) is 11.5 Å². The lowest BCUT2D eigenvalue weighted by Gasteiger charge is -2.14. The average molecular weight is 559 g/mol. The first-order chi connectivity index (χ1) is 17.9. The van der Waals surface area contributed by atoms with Crippen LogP contribution in [-0.2, 0) is 25.6 Å². The highest BCUT2D eigenvalue weighted by Crippen LogP contribution is 2.44. The second-order valence-electron chi connectivity index (χ2n) is 8.50. The SMILES string of the molecule is Nc1cc(CCNC(O)Nc2nc3c(s2)-c2c(cnn2-c2ccccc2C(F)(F)F)C3)nn1CC(F)(F)F. The van der Waals surface area contributed by atoms with Crippen molar-refractivity contribution >= 4 is 22.3 Å². The summed E-state index contributed by atoms with van der Waals surface area (Å²) in [6, 6.07) is 6.49. The Hall–Kier alpha value is -3.63. The Morgan fingerprint density at radius 3 is 2.66 bits per heavy atom. The normalized spacial score (nSPS) is 14.0. The highest BCUT2D eigenvalue weighted by molar-refractivity contribution is 7.19. The Kier molecular flexibility index (Phi) is 6.56. The number of benzene rings is 1. The average Bonchev–Trinajstić information content (AvgIpc) is 3.54. The molecule has 0 saturated heterocycles. The number of halogens is 6. The number of thiazole rings is 1. The Morgan fingerprint density at radius 2 is 1.92 bits per heavy atom. The third-order valence-corrected chi connectivity index (χ3v) is 6.76. The highest BCUT2D eigenvalue weighted by Gasteiger charge is 2.36. The second kappa shape index (κ2) is 9.59. The topological polar surface area (TPSA) is 119 Å². The van der Waals surface area contributed by atoms with Crippen LogP contribution in [0.3, 0.4) is 0 Å². The second-order valence-corrected chi connectivity index (χ2v) is 9.50. The van der Waals surface area contributed by atoms with Crippen LogP contribution in [0.25, 0.3) is 16.3 Å². The fraction of sp³-hybridized carbons (Fsp3) is 0.318. The van der Waals surface area contributed by atoms with Gasteiger partial charge < -0.3 is 16.2 Å². The molecule has 0 amide bonds. The molecule has 0 spiro atoms. The molecule has 38 heavy (non-hydrogen) atoms. The maximum Gasteiger partial charge on any atom is 0.418 e. The molecule has 0 fully saturated rings. The molecule has 3 heterocycles. The summed E-state index contributed by atoms with van der Waals surface area (Å²) < 4.78 is 80.4. The summed E-state index contributed by atoms with van der Waals surface area (Å²) >= 11 is 1.16. The zero-order valence-electron chi connectivity index (χ0n) is 19.3. The molecule has 1 aliphatic rings. The number of aliphatic hydroxyl groups excluding tert-OH is 1. The van der Waals surface area contributed by atoms with Gasteiger partial charge in [0.2, 0.25) is 0 Å². The van der Waals surface area contributed by atoms with E-state index in [0.717, 1.165) is 23.0 Å². The van der Waals surface area contributed by atoms with Crippen LogP contribution < -0.4 is 16.4 Å². The van der Waals surface area contributed by atoms with Gasteiger partial charge in [0.25, 0.3) is 0 Å². The number of nitrogen functional groups attached to an aromatic ring is 1. The third-order valence-electron chi connectivity index (χ3n) is 5.72. The fourth-order valence-corrected chi connectivity index (χ4v) is 5.21. The Morgan fingerprint density at radius 1 is 1.16 bits per heavy atom. The van der Waals surface area contributed by atoms with E-state index in [1.807, 2.05) is 0 Å². The highest BCUT2D eigenvalue weighted by atomic mass is 32.1. The summed E-state index contributed by atoms with van der Waals surface area (Å²) in [7, 11) is 0. The van der Waals surface area contributed by atoms with Gasteiger partial charge in [0, 0.05) is 31.0 Å². The van der Waals surface area contributed by atoms with Crippen molar-refractivity contribution in [1.82, 2.24) is 29.9 Å². The number of fused-ring (bicyclic) bond motifs is 3. The molecule has 0 saturated carbocycles. The largest absolute Gasteiger partial charge is 0.418 e. The van der Waals surface area contributed by atoms with E-state index < -0.39 is 30.8 Å². The van der Waals surface area contributed by atoms with Gasteiger partial charge in [0.05, 0.1) is 39.4 Å².